The largest absolute Gasteiger partial charge is 0.369 e. The average Bonchev–Trinajstić information content (AvgIpc) is 2.35. The molecule has 0 radical (unpaired) electrons. The van der Waals surface area contributed by atoms with E-state index in [-0.39, 0.29) is 5.41 Å². The summed E-state index contributed by atoms with van der Waals surface area (Å²) in [7, 11) is 0. The Morgan fingerprint density at radius 2 is 2.20 bits per heavy atom. The standard InChI is InChI=1S/C14H26N6/c1-10-8-20(6-5-16-10)12-7-11(18-13(15)19-12)17-9-14(2,3)4/h7,10,16H,5-6,8-9H2,1-4H3,(H3,15,17,18,19). The van der Waals surface area contributed by atoms with E-state index >= 15 is 0 Å². The molecule has 0 bridgehead atoms. The van der Waals surface area contributed by atoms with Gasteiger partial charge in [-0.25, -0.2) is 0 Å². The molecule has 1 aromatic rings. The van der Waals surface area contributed by atoms with Crippen molar-refractivity contribution in [2.75, 3.05) is 42.1 Å². The van der Waals surface area contributed by atoms with Gasteiger partial charge in [-0.3, -0.25) is 0 Å². The molecule has 0 aromatic carbocycles. The summed E-state index contributed by atoms with van der Waals surface area (Å²) in [5.74, 6) is 2.03. The van der Waals surface area contributed by atoms with E-state index in [1.807, 2.05) is 6.07 Å². The van der Waals surface area contributed by atoms with Crippen LogP contribution in [0, 0.1) is 5.41 Å². The van der Waals surface area contributed by atoms with E-state index in [0.717, 1.165) is 37.8 Å². The molecule has 6 heteroatoms. The SMILES string of the molecule is CC1CN(c2cc(NCC(C)(C)C)nc(N)n2)CCN1. The molecule has 20 heavy (non-hydrogen) atoms. The second-order valence-electron chi connectivity index (χ2n) is 6.68. The molecule has 1 unspecified atom stereocenters. The Kier molecular flexibility index (Phi) is 4.32. The van der Waals surface area contributed by atoms with E-state index in [4.69, 9.17) is 5.73 Å². The van der Waals surface area contributed by atoms with Crippen molar-refractivity contribution in [2.45, 2.75) is 33.7 Å². The Morgan fingerprint density at radius 3 is 2.85 bits per heavy atom. The Bertz CT molecular complexity index is 453. The summed E-state index contributed by atoms with van der Waals surface area (Å²) in [6.07, 6.45) is 0. The van der Waals surface area contributed by atoms with Crippen molar-refractivity contribution >= 4 is 17.6 Å². The zero-order chi connectivity index (χ0) is 14.8. The maximum atomic E-state index is 5.84. The normalized spacial score (nSPS) is 20.0. The highest BCUT2D eigenvalue weighted by Crippen LogP contribution is 2.20. The summed E-state index contributed by atoms with van der Waals surface area (Å²) in [5, 5.41) is 6.77. The summed E-state index contributed by atoms with van der Waals surface area (Å²) in [5.41, 5.74) is 6.03. The van der Waals surface area contributed by atoms with Crippen molar-refractivity contribution in [2.24, 2.45) is 5.41 Å². The molecule has 0 saturated carbocycles. The Hall–Kier alpha value is -1.56. The van der Waals surface area contributed by atoms with E-state index in [9.17, 15) is 0 Å². The van der Waals surface area contributed by atoms with Crippen molar-refractivity contribution in [1.29, 1.82) is 0 Å². The average molecular weight is 278 g/mol. The van der Waals surface area contributed by atoms with Crippen molar-refractivity contribution in [1.82, 2.24) is 15.3 Å². The molecule has 2 rings (SSSR count). The Balaban J connectivity index is 2.11. The number of nitrogens with two attached hydrogens (primary N) is 1. The van der Waals surface area contributed by atoms with Gasteiger partial charge in [-0.05, 0) is 12.3 Å². The molecule has 6 nitrogen and oxygen atoms in total. The minimum absolute atomic E-state index is 0.198. The molecule has 0 aliphatic carbocycles. The van der Waals surface area contributed by atoms with E-state index in [1.165, 1.54) is 0 Å². The monoisotopic (exact) mass is 278 g/mol. The van der Waals surface area contributed by atoms with Gasteiger partial charge in [0.05, 0.1) is 0 Å². The number of rotatable bonds is 3. The molecule has 112 valence electrons. The van der Waals surface area contributed by atoms with Crippen LogP contribution in [0.25, 0.3) is 0 Å². The molecule has 0 amide bonds. The summed E-state index contributed by atoms with van der Waals surface area (Å²) in [6, 6.07) is 2.45. The van der Waals surface area contributed by atoms with Crippen LogP contribution in [0.15, 0.2) is 6.07 Å². The van der Waals surface area contributed by atoms with Crippen molar-refractivity contribution in [3.63, 3.8) is 0 Å². The summed E-state index contributed by atoms with van der Waals surface area (Å²) in [4.78, 5) is 10.9. The fourth-order valence-electron chi connectivity index (χ4n) is 2.20. The minimum atomic E-state index is 0.198. The van der Waals surface area contributed by atoms with Gasteiger partial charge in [0.25, 0.3) is 0 Å². The second-order valence-corrected chi connectivity index (χ2v) is 6.68. The van der Waals surface area contributed by atoms with Crippen molar-refractivity contribution < 1.29 is 0 Å². The first kappa shape index (κ1) is 14.8. The van der Waals surface area contributed by atoms with E-state index in [1.54, 1.807) is 0 Å². The maximum Gasteiger partial charge on any atom is 0.223 e. The molecule has 2 heterocycles. The van der Waals surface area contributed by atoms with Gasteiger partial charge in [-0.15, -0.1) is 0 Å². The van der Waals surface area contributed by atoms with Gasteiger partial charge in [-0.1, -0.05) is 20.8 Å². The lowest BCUT2D eigenvalue weighted by atomic mass is 9.97. The molecule has 0 spiro atoms. The number of hydrogen-bond donors (Lipinski definition) is 3. The van der Waals surface area contributed by atoms with Gasteiger partial charge in [0, 0.05) is 38.3 Å². The highest BCUT2D eigenvalue weighted by molar-refractivity contribution is 5.53. The maximum absolute atomic E-state index is 5.84. The van der Waals surface area contributed by atoms with Crippen LogP contribution in [-0.4, -0.2) is 42.2 Å². The zero-order valence-corrected chi connectivity index (χ0v) is 12.9. The van der Waals surface area contributed by atoms with Gasteiger partial charge in [0.15, 0.2) is 0 Å². The van der Waals surface area contributed by atoms with E-state index in [2.05, 4.69) is 53.2 Å². The van der Waals surface area contributed by atoms with Gasteiger partial charge < -0.3 is 21.3 Å². The number of anilines is 3. The van der Waals surface area contributed by atoms with Gasteiger partial charge >= 0.3 is 0 Å². The molecule has 1 aromatic heterocycles. The first-order valence-electron chi connectivity index (χ1n) is 7.20. The second kappa shape index (κ2) is 5.83. The first-order chi connectivity index (χ1) is 9.33. The summed E-state index contributed by atoms with van der Waals surface area (Å²) < 4.78 is 0. The van der Waals surface area contributed by atoms with Crippen LogP contribution in [0.5, 0.6) is 0 Å². The van der Waals surface area contributed by atoms with Crippen LogP contribution in [-0.2, 0) is 0 Å². The zero-order valence-electron chi connectivity index (χ0n) is 12.9. The lowest BCUT2D eigenvalue weighted by molar-refractivity contribution is 0.442. The fraction of sp³-hybridized carbons (Fsp3) is 0.714. The van der Waals surface area contributed by atoms with Gasteiger partial charge in [0.1, 0.15) is 11.6 Å². The predicted molar refractivity (Wildman–Crippen MR) is 84.1 cm³/mol. The van der Waals surface area contributed by atoms with E-state index < -0.39 is 0 Å². The third-order valence-electron chi connectivity index (χ3n) is 3.22. The summed E-state index contributed by atoms with van der Waals surface area (Å²) >= 11 is 0. The number of hydrogen-bond acceptors (Lipinski definition) is 6. The highest BCUT2D eigenvalue weighted by Gasteiger charge is 2.18. The molecule has 4 N–H and O–H groups in total. The highest BCUT2D eigenvalue weighted by atomic mass is 15.3. The Morgan fingerprint density at radius 1 is 1.45 bits per heavy atom. The lowest BCUT2D eigenvalue weighted by Crippen LogP contribution is -2.49. The van der Waals surface area contributed by atoms with E-state index in [0.29, 0.717) is 12.0 Å². The van der Waals surface area contributed by atoms with Crippen LogP contribution in [0.1, 0.15) is 27.7 Å². The smallest absolute Gasteiger partial charge is 0.223 e. The first-order valence-corrected chi connectivity index (χ1v) is 7.20. The third kappa shape index (κ3) is 4.23. The number of nitrogens with zero attached hydrogens (tertiary/aromatic N) is 3. The van der Waals surface area contributed by atoms with Crippen LogP contribution in [0.2, 0.25) is 0 Å². The molecule has 1 saturated heterocycles. The number of aromatic nitrogens is 2. The molecule has 1 atom stereocenters. The lowest BCUT2D eigenvalue weighted by Gasteiger charge is -2.33. The number of nitrogens with one attached hydrogen (secondary N) is 2. The number of nitrogen functional groups attached to an aromatic ring is 1. The van der Waals surface area contributed by atoms with Crippen LogP contribution in [0.3, 0.4) is 0 Å². The number of piperazine rings is 1. The third-order valence-corrected chi connectivity index (χ3v) is 3.22. The minimum Gasteiger partial charge on any atom is -0.369 e. The quantitative estimate of drug-likeness (QED) is 0.774. The van der Waals surface area contributed by atoms with Gasteiger partial charge in [0.2, 0.25) is 5.95 Å². The fourth-order valence-corrected chi connectivity index (χ4v) is 2.20. The van der Waals surface area contributed by atoms with Crippen LogP contribution >= 0.6 is 0 Å². The predicted octanol–water partition coefficient (Wildman–Crippen LogP) is 1.31. The summed E-state index contributed by atoms with van der Waals surface area (Å²) in [6.45, 7) is 12.4. The van der Waals surface area contributed by atoms with Crippen LogP contribution in [0.4, 0.5) is 17.6 Å². The molecule has 1 aliphatic rings. The topological polar surface area (TPSA) is 79.1 Å². The molecule has 1 aliphatic heterocycles. The van der Waals surface area contributed by atoms with Crippen LogP contribution < -0.4 is 21.3 Å². The van der Waals surface area contributed by atoms with Crippen molar-refractivity contribution in [3.8, 4) is 0 Å². The van der Waals surface area contributed by atoms with Gasteiger partial charge in [-0.2, -0.15) is 9.97 Å². The Labute approximate surface area is 121 Å². The molecular weight excluding hydrogens is 252 g/mol. The molecule has 1 fully saturated rings. The van der Waals surface area contributed by atoms with Crippen molar-refractivity contribution in [3.05, 3.63) is 6.07 Å². The molecular formula is C14H26N6.